The highest BCUT2D eigenvalue weighted by molar-refractivity contribution is 7.89. The Labute approximate surface area is 126 Å². The number of hydrogen-bond donors (Lipinski definition) is 1. The van der Waals surface area contributed by atoms with Crippen LogP contribution in [-0.2, 0) is 16.4 Å². The molecule has 0 saturated carbocycles. The number of hydrogen-bond acceptors (Lipinski definition) is 4. The highest BCUT2D eigenvalue weighted by atomic mass is 35.5. The second kappa shape index (κ2) is 4.99. The molecule has 2 heterocycles. The van der Waals surface area contributed by atoms with Gasteiger partial charge in [0.25, 0.3) is 0 Å². The maximum atomic E-state index is 13.6. The molecule has 0 spiro atoms. The summed E-state index contributed by atoms with van der Waals surface area (Å²) in [4.78, 5) is 4.29. The molecule has 0 fully saturated rings. The van der Waals surface area contributed by atoms with Gasteiger partial charge in [-0.05, 0) is 17.7 Å². The molecule has 0 atom stereocenters. The van der Waals surface area contributed by atoms with Crippen LogP contribution in [0.1, 0.15) is 5.56 Å². The lowest BCUT2D eigenvalue weighted by atomic mass is 10.1. The molecule has 1 N–H and O–H groups in total. The number of benzene rings is 1. The molecule has 8 heteroatoms. The Morgan fingerprint density at radius 3 is 2.86 bits per heavy atom. The molecule has 5 nitrogen and oxygen atoms in total. The number of nitrogens with zero attached hydrogens (tertiary/aromatic N) is 2. The van der Waals surface area contributed by atoms with Gasteiger partial charge in [0.05, 0.1) is 23.3 Å². The first kappa shape index (κ1) is 14.3. The first-order valence-corrected chi connectivity index (χ1v) is 8.55. The molecule has 112 valence electrons. The third-order valence-corrected chi connectivity index (χ3v) is 4.64. The van der Waals surface area contributed by atoms with Gasteiger partial charge in [-0.3, -0.25) is 4.99 Å². The van der Waals surface area contributed by atoms with E-state index in [1.807, 2.05) is 0 Å². The molecular formula is C13H13ClFN3O2S. The molecule has 1 aliphatic rings. The molecular weight excluding hydrogens is 317 g/mol. The summed E-state index contributed by atoms with van der Waals surface area (Å²) in [6, 6.07) is 2.36. The van der Waals surface area contributed by atoms with Crippen LogP contribution in [0.15, 0.2) is 23.3 Å². The minimum atomic E-state index is -3.54. The minimum absolute atomic E-state index is 0.195. The lowest BCUT2D eigenvalue weighted by Crippen LogP contribution is -2.20. The van der Waals surface area contributed by atoms with Gasteiger partial charge in [0, 0.05) is 24.5 Å². The fourth-order valence-electron chi connectivity index (χ4n) is 2.48. The maximum absolute atomic E-state index is 13.6. The van der Waals surface area contributed by atoms with Gasteiger partial charge in [0.1, 0.15) is 11.7 Å². The first-order valence-electron chi connectivity index (χ1n) is 6.33. The smallest absolute Gasteiger partial charge is 0.236 e. The van der Waals surface area contributed by atoms with Gasteiger partial charge in [0.2, 0.25) is 10.0 Å². The van der Waals surface area contributed by atoms with Gasteiger partial charge < -0.3 is 5.32 Å². The van der Waals surface area contributed by atoms with Gasteiger partial charge in [-0.15, -0.1) is 0 Å². The van der Waals surface area contributed by atoms with Crippen molar-refractivity contribution in [3.8, 4) is 0 Å². The molecule has 0 radical (unpaired) electrons. The molecule has 0 bridgehead atoms. The SMILES string of the molecule is CS(=O)(=O)n1cc(CC2=NCCN2)c2c(Cl)cc(F)cc21. The molecule has 3 rings (SSSR count). The van der Waals surface area contributed by atoms with Crippen LogP contribution < -0.4 is 5.32 Å². The zero-order valence-corrected chi connectivity index (χ0v) is 12.8. The second-order valence-corrected chi connectivity index (χ2v) is 7.19. The first-order chi connectivity index (χ1) is 9.86. The Kier molecular flexibility index (Phi) is 3.41. The van der Waals surface area contributed by atoms with Gasteiger partial charge in [-0.25, -0.2) is 16.8 Å². The molecule has 0 unspecified atom stereocenters. The summed E-state index contributed by atoms with van der Waals surface area (Å²) < 4.78 is 38.4. The van der Waals surface area contributed by atoms with Crippen molar-refractivity contribution in [3.63, 3.8) is 0 Å². The van der Waals surface area contributed by atoms with Gasteiger partial charge >= 0.3 is 0 Å². The molecule has 0 aliphatic carbocycles. The lowest BCUT2D eigenvalue weighted by Gasteiger charge is -2.03. The summed E-state index contributed by atoms with van der Waals surface area (Å²) in [5.74, 6) is 0.210. The number of aromatic nitrogens is 1. The summed E-state index contributed by atoms with van der Waals surface area (Å²) in [6.45, 7) is 1.46. The van der Waals surface area contributed by atoms with E-state index in [0.29, 0.717) is 23.9 Å². The van der Waals surface area contributed by atoms with E-state index in [9.17, 15) is 12.8 Å². The lowest BCUT2D eigenvalue weighted by molar-refractivity contribution is 0.595. The number of halogens is 2. The van der Waals surface area contributed by atoms with Crippen molar-refractivity contribution in [2.75, 3.05) is 19.3 Å². The van der Waals surface area contributed by atoms with E-state index >= 15 is 0 Å². The average molecular weight is 330 g/mol. The quantitative estimate of drug-likeness (QED) is 0.933. The van der Waals surface area contributed by atoms with E-state index < -0.39 is 15.8 Å². The number of fused-ring (bicyclic) bond motifs is 1. The van der Waals surface area contributed by atoms with Gasteiger partial charge in [-0.2, -0.15) is 0 Å². The maximum Gasteiger partial charge on any atom is 0.236 e. The normalized spacial score (nSPS) is 15.3. The van der Waals surface area contributed by atoms with Crippen molar-refractivity contribution in [2.45, 2.75) is 6.42 Å². The summed E-state index contributed by atoms with van der Waals surface area (Å²) in [6.07, 6.45) is 2.98. The predicted molar refractivity (Wildman–Crippen MR) is 81.2 cm³/mol. The van der Waals surface area contributed by atoms with Crippen LogP contribution in [0.2, 0.25) is 5.02 Å². The average Bonchev–Trinajstić information content (AvgIpc) is 2.96. The zero-order valence-electron chi connectivity index (χ0n) is 11.2. The van der Waals surface area contributed by atoms with Gasteiger partial charge in [0.15, 0.2) is 0 Å². The number of rotatable bonds is 3. The fourth-order valence-corrected chi connectivity index (χ4v) is 3.62. The van der Waals surface area contributed by atoms with Gasteiger partial charge in [-0.1, -0.05) is 11.6 Å². The van der Waals surface area contributed by atoms with Crippen LogP contribution in [0, 0.1) is 5.82 Å². The van der Waals surface area contributed by atoms with E-state index in [2.05, 4.69) is 10.3 Å². The molecule has 1 aliphatic heterocycles. The van der Waals surface area contributed by atoms with Crippen LogP contribution >= 0.6 is 11.6 Å². The Hall–Kier alpha value is -1.60. The van der Waals surface area contributed by atoms with Crippen molar-refractivity contribution in [1.82, 2.24) is 9.29 Å². The zero-order chi connectivity index (χ0) is 15.2. The highest BCUT2D eigenvalue weighted by Crippen LogP contribution is 2.31. The second-order valence-electron chi connectivity index (χ2n) is 4.93. The number of aliphatic imine (C=N–C) groups is 1. The summed E-state index contributed by atoms with van der Waals surface area (Å²) in [5.41, 5.74) is 0.949. The molecule has 1 aromatic heterocycles. The Bertz CT molecular complexity index is 858. The summed E-state index contributed by atoms with van der Waals surface area (Å²) >= 11 is 6.11. The number of amidine groups is 1. The van der Waals surface area contributed by atoms with Crippen molar-refractivity contribution < 1.29 is 12.8 Å². The van der Waals surface area contributed by atoms with E-state index in [0.717, 1.165) is 22.6 Å². The topological polar surface area (TPSA) is 63.5 Å². The Morgan fingerprint density at radius 1 is 1.48 bits per heavy atom. The fraction of sp³-hybridized carbons (Fsp3) is 0.308. The molecule has 2 aromatic rings. The third kappa shape index (κ3) is 2.63. The van der Waals surface area contributed by atoms with Crippen LogP contribution in [-0.4, -0.2) is 37.6 Å². The predicted octanol–water partition coefficient (Wildman–Crippen LogP) is 1.79. The summed E-state index contributed by atoms with van der Waals surface area (Å²) in [5, 5.41) is 3.86. The largest absolute Gasteiger partial charge is 0.372 e. The minimum Gasteiger partial charge on any atom is -0.372 e. The van der Waals surface area contributed by atoms with Crippen molar-refractivity contribution in [2.24, 2.45) is 4.99 Å². The van der Waals surface area contributed by atoms with Crippen LogP contribution in [0.25, 0.3) is 10.9 Å². The molecule has 0 amide bonds. The van der Waals surface area contributed by atoms with Crippen molar-refractivity contribution in [3.05, 3.63) is 34.7 Å². The van der Waals surface area contributed by atoms with Crippen LogP contribution in [0.3, 0.4) is 0 Å². The van der Waals surface area contributed by atoms with E-state index in [1.165, 1.54) is 18.3 Å². The monoisotopic (exact) mass is 329 g/mol. The van der Waals surface area contributed by atoms with Crippen LogP contribution in [0.5, 0.6) is 0 Å². The van der Waals surface area contributed by atoms with Crippen molar-refractivity contribution >= 4 is 38.4 Å². The standard InChI is InChI=1S/C13H13ClFN3O2S/c1-21(19,20)18-7-8(4-12-16-2-3-17-12)13-10(14)5-9(15)6-11(13)18/h5-7H,2-4H2,1H3,(H,16,17). The van der Waals surface area contributed by atoms with E-state index in [1.54, 1.807) is 0 Å². The molecule has 0 saturated heterocycles. The highest BCUT2D eigenvalue weighted by Gasteiger charge is 2.20. The van der Waals surface area contributed by atoms with E-state index in [4.69, 9.17) is 11.6 Å². The van der Waals surface area contributed by atoms with Crippen LogP contribution in [0.4, 0.5) is 4.39 Å². The molecule has 21 heavy (non-hydrogen) atoms. The molecule has 1 aromatic carbocycles. The van der Waals surface area contributed by atoms with Crippen molar-refractivity contribution in [1.29, 1.82) is 0 Å². The Balaban J connectivity index is 2.25. The Morgan fingerprint density at radius 2 is 2.24 bits per heavy atom. The third-order valence-electron chi connectivity index (χ3n) is 3.32. The number of nitrogens with one attached hydrogen (secondary N) is 1. The van der Waals surface area contributed by atoms with E-state index in [-0.39, 0.29) is 10.5 Å². The summed E-state index contributed by atoms with van der Waals surface area (Å²) in [7, 11) is -3.54.